The summed E-state index contributed by atoms with van der Waals surface area (Å²) >= 11 is 0. The fraction of sp³-hybridized carbons (Fsp3) is 0.938. The van der Waals surface area contributed by atoms with Crippen LogP contribution >= 0.6 is 0 Å². The second-order valence-corrected chi connectivity index (χ2v) is 7.03. The van der Waals surface area contributed by atoms with Gasteiger partial charge in [0.2, 0.25) is 0 Å². The highest BCUT2D eigenvalue weighted by Crippen LogP contribution is 2.40. The third-order valence-electron chi connectivity index (χ3n) is 4.94. The molecule has 5 heteroatoms. The van der Waals surface area contributed by atoms with Crippen LogP contribution in [0.3, 0.4) is 0 Å². The molecule has 1 aliphatic carbocycles. The number of rotatable bonds is 7. The smallest absolute Gasteiger partial charge is 0.191 e. The average Bonchev–Trinajstić information content (AvgIpc) is 2.92. The van der Waals surface area contributed by atoms with Crippen molar-refractivity contribution in [3.05, 3.63) is 0 Å². The molecule has 1 saturated carbocycles. The van der Waals surface area contributed by atoms with E-state index in [4.69, 9.17) is 9.47 Å². The summed E-state index contributed by atoms with van der Waals surface area (Å²) in [5, 5.41) is 6.96. The lowest BCUT2D eigenvalue weighted by atomic mass is 9.83. The van der Waals surface area contributed by atoms with E-state index in [1.165, 1.54) is 25.7 Å². The van der Waals surface area contributed by atoms with Crippen LogP contribution in [0.15, 0.2) is 4.99 Å². The molecule has 2 fully saturated rings. The van der Waals surface area contributed by atoms with Crippen LogP contribution in [0.5, 0.6) is 0 Å². The first-order valence-electron chi connectivity index (χ1n) is 8.13. The Kier molecular flexibility index (Phi) is 5.88. The molecule has 21 heavy (non-hydrogen) atoms. The monoisotopic (exact) mass is 297 g/mol. The third-order valence-corrected chi connectivity index (χ3v) is 4.94. The molecule has 1 heterocycles. The fourth-order valence-electron chi connectivity index (χ4n) is 3.30. The van der Waals surface area contributed by atoms with Crippen molar-refractivity contribution in [2.75, 3.05) is 47.1 Å². The molecule has 0 aromatic heterocycles. The lowest BCUT2D eigenvalue weighted by molar-refractivity contribution is -0.0971. The van der Waals surface area contributed by atoms with Gasteiger partial charge in [0.25, 0.3) is 0 Å². The first kappa shape index (κ1) is 16.6. The molecule has 0 amide bonds. The second kappa shape index (κ2) is 7.45. The molecule has 0 radical (unpaired) electrons. The quantitative estimate of drug-likeness (QED) is 0.555. The highest BCUT2D eigenvalue weighted by atomic mass is 16.5. The number of guanidine groups is 1. The lowest BCUT2D eigenvalue weighted by Gasteiger charge is -2.38. The Balaban J connectivity index is 1.77. The van der Waals surface area contributed by atoms with E-state index in [0.717, 1.165) is 45.3 Å². The molecule has 1 saturated heterocycles. The fourth-order valence-corrected chi connectivity index (χ4v) is 3.30. The summed E-state index contributed by atoms with van der Waals surface area (Å²) in [6.07, 6.45) is 6.41. The first-order valence-corrected chi connectivity index (χ1v) is 8.13. The Bertz CT molecular complexity index is 347. The summed E-state index contributed by atoms with van der Waals surface area (Å²) < 4.78 is 10.6. The van der Waals surface area contributed by atoms with E-state index < -0.39 is 0 Å². The minimum atomic E-state index is 0.263. The van der Waals surface area contributed by atoms with Crippen LogP contribution in [0.25, 0.3) is 0 Å². The summed E-state index contributed by atoms with van der Waals surface area (Å²) in [6.45, 7) is 6.68. The molecule has 2 N–H and O–H groups in total. The molecule has 2 aliphatic rings. The summed E-state index contributed by atoms with van der Waals surface area (Å²) in [7, 11) is 3.63. The summed E-state index contributed by atoms with van der Waals surface area (Å²) in [5.41, 5.74) is 0.649. The number of nitrogens with one attached hydrogen (secondary N) is 2. The zero-order valence-electron chi connectivity index (χ0n) is 13.8. The van der Waals surface area contributed by atoms with Gasteiger partial charge in [-0.25, -0.2) is 0 Å². The van der Waals surface area contributed by atoms with Gasteiger partial charge < -0.3 is 20.1 Å². The standard InChI is InChI=1S/C16H31N3O2/c1-15(12-21-13-15)10-18-14(17-2)19-11-16(8-9-20-3)6-4-5-7-16/h4-13H2,1-3H3,(H2,17,18,19). The molecule has 5 nitrogen and oxygen atoms in total. The normalized spacial score (nSPS) is 23.7. The average molecular weight is 297 g/mol. The van der Waals surface area contributed by atoms with Gasteiger partial charge in [-0.3, -0.25) is 4.99 Å². The van der Waals surface area contributed by atoms with E-state index in [1.54, 1.807) is 7.11 Å². The molecule has 0 aromatic rings. The van der Waals surface area contributed by atoms with Gasteiger partial charge in [0.1, 0.15) is 0 Å². The molecule has 2 rings (SSSR count). The van der Waals surface area contributed by atoms with Crippen molar-refractivity contribution in [1.29, 1.82) is 0 Å². The van der Waals surface area contributed by atoms with E-state index >= 15 is 0 Å². The van der Waals surface area contributed by atoms with Gasteiger partial charge in [0.05, 0.1) is 13.2 Å². The zero-order chi connectivity index (χ0) is 15.2. The molecule has 122 valence electrons. The number of aliphatic imine (C=N–C) groups is 1. The van der Waals surface area contributed by atoms with Crippen molar-refractivity contribution in [3.8, 4) is 0 Å². The first-order chi connectivity index (χ1) is 10.1. The summed E-state index contributed by atoms with van der Waals surface area (Å²) in [5.74, 6) is 0.909. The van der Waals surface area contributed by atoms with Crippen LogP contribution < -0.4 is 10.6 Å². The van der Waals surface area contributed by atoms with Gasteiger partial charge in [0, 0.05) is 39.3 Å². The highest BCUT2D eigenvalue weighted by Gasteiger charge is 2.35. The van der Waals surface area contributed by atoms with Crippen LogP contribution in [0, 0.1) is 10.8 Å². The van der Waals surface area contributed by atoms with E-state index in [0.29, 0.717) is 5.41 Å². The Hall–Kier alpha value is -0.810. The Morgan fingerprint density at radius 2 is 1.86 bits per heavy atom. The van der Waals surface area contributed by atoms with E-state index in [-0.39, 0.29) is 5.41 Å². The van der Waals surface area contributed by atoms with Crippen molar-refractivity contribution in [2.45, 2.75) is 39.0 Å². The van der Waals surface area contributed by atoms with Crippen molar-refractivity contribution >= 4 is 5.96 Å². The van der Waals surface area contributed by atoms with Crippen molar-refractivity contribution in [3.63, 3.8) is 0 Å². The minimum Gasteiger partial charge on any atom is -0.385 e. The van der Waals surface area contributed by atoms with Crippen LogP contribution in [-0.2, 0) is 9.47 Å². The Morgan fingerprint density at radius 3 is 2.38 bits per heavy atom. The van der Waals surface area contributed by atoms with Gasteiger partial charge in [0.15, 0.2) is 5.96 Å². The maximum Gasteiger partial charge on any atom is 0.191 e. The maximum atomic E-state index is 5.29. The lowest BCUT2D eigenvalue weighted by Crippen LogP contribution is -2.52. The number of methoxy groups -OCH3 is 1. The van der Waals surface area contributed by atoms with Crippen molar-refractivity contribution < 1.29 is 9.47 Å². The SMILES string of the molecule is CN=C(NCC1(C)COC1)NCC1(CCOC)CCCC1. The van der Waals surface area contributed by atoms with Gasteiger partial charge in [-0.15, -0.1) is 0 Å². The number of nitrogens with zero attached hydrogens (tertiary/aromatic N) is 1. The van der Waals surface area contributed by atoms with E-state index in [1.807, 2.05) is 7.05 Å². The molecular weight excluding hydrogens is 266 g/mol. The predicted molar refractivity (Wildman–Crippen MR) is 85.7 cm³/mol. The summed E-state index contributed by atoms with van der Waals surface area (Å²) in [6, 6.07) is 0. The molecule has 0 aromatic carbocycles. The molecule has 1 aliphatic heterocycles. The van der Waals surface area contributed by atoms with E-state index in [2.05, 4.69) is 22.5 Å². The maximum absolute atomic E-state index is 5.29. The molecule has 0 unspecified atom stereocenters. The summed E-state index contributed by atoms with van der Waals surface area (Å²) in [4.78, 5) is 4.34. The predicted octanol–water partition coefficient (Wildman–Crippen LogP) is 1.78. The molecule has 0 bridgehead atoms. The van der Waals surface area contributed by atoms with Crippen LogP contribution in [0.4, 0.5) is 0 Å². The van der Waals surface area contributed by atoms with Crippen molar-refractivity contribution in [1.82, 2.24) is 10.6 Å². The van der Waals surface area contributed by atoms with Crippen LogP contribution in [-0.4, -0.2) is 53.0 Å². The largest absolute Gasteiger partial charge is 0.385 e. The number of ether oxygens (including phenoxy) is 2. The van der Waals surface area contributed by atoms with Crippen molar-refractivity contribution in [2.24, 2.45) is 15.8 Å². The van der Waals surface area contributed by atoms with Gasteiger partial charge >= 0.3 is 0 Å². The second-order valence-electron chi connectivity index (χ2n) is 7.03. The highest BCUT2D eigenvalue weighted by molar-refractivity contribution is 5.79. The minimum absolute atomic E-state index is 0.263. The number of hydrogen-bond acceptors (Lipinski definition) is 3. The van der Waals surface area contributed by atoms with Gasteiger partial charge in [-0.05, 0) is 24.7 Å². The Morgan fingerprint density at radius 1 is 1.19 bits per heavy atom. The van der Waals surface area contributed by atoms with E-state index in [9.17, 15) is 0 Å². The Labute approximate surface area is 128 Å². The third kappa shape index (κ3) is 4.58. The zero-order valence-corrected chi connectivity index (χ0v) is 13.8. The van der Waals surface area contributed by atoms with Gasteiger partial charge in [-0.2, -0.15) is 0 Å². The topological polar surface area (TPSA) is 54.9 Å². The van der Waals surface area contributed by atoms with Gasteiger partial charge in [-0.1, -0.05) is 19.8 Å². The molecule has 0 spiro atoms. The van der Waals surface area contributed by atoms with Crippen LogP contribution in [0.1, 0.15) is 39.0 Å². The molecule has 0 atom stereocenters. The van der Waals surface area contributed by atoms with Crippen LogP contribution in [0.2, 0.25) is 0 Å². The number of hydrogen-bond donors (Lipinski definition) is 2. The molecular formula is C16H31N3O2.